The molecule has 0 atom stereocenters. The molecule has 0 aliphatic rings. The minimum absolute atomic E-state index is 0.0743. The van der Waals surface area contributed by atoms with Gasteiger partial charge < -0.3 is 4.74 Å². The molecule has 108 valence electrons. The third-order valence-electron chi connectivity index (χ3n) is 2.92. The Balaban J connectivity index is 2.16. The van der Waals surface area contributed by atoms with Gasteiger partial charge >= 0.3 is 0 Å². The highest BCUT2D eigenvalue weighted by Crippen LogP contribution is 2.19. The van der Waals surface area contributed by atoms with Crippen LogP contribution in [0.4, 0.5) is 0 Å². The lowest BCUT2D eigenvalue weighted by atomic mass is 10.1. The van der Waals surface area contributed by atoms with Crippen LogP contribution in [0, 0.1) is 13.8 Å². The van der Waals surface area contributed by atoms with Crippen molar-refractivity contribution >= 4 is 10.0 Å². The first-order valence-corrected chi connectivity index (χ1v) is 8.30. The molecule has 0 heterocycles. The number of ether oxygens (including phenoxy) is 1. The molecule has 1 aromatic carbocycles. The van der Waals surface area contributed by atoms with E-state index < -0.39 is 10.0 Å². The van der Waals surface area contributed by atoms with Crippen molar-refractivity contribution in [3.05, 3.63) is 29.3 Å². The zero-order chi connectivity index (χ0) is 14.3. The van der Waals surface area contributed by atoms with Crippen molar-refractivity contribution in [2.45, 2.75) is 39.5 Å². The Morgan fingerprint density at radius 2 is 1.79 bits per heavy atom. The standard InChI is InChI=1S/C14H23NO3S/c1-12-7-8-13(2)14(11-12)18-9-5-3-4-6-10-19(15,16)17/h7-8,11H,3-6,9-10H2,1-2H3,(H2,15,16,17). The molecule has 4 nitrogen and oxygen atoms in total. The van der Waals surface area contributed by atoms with Gasteiger partial charge in [0.1, 0.15) is 5.75 Å². The van der Waals surface area contributed by atoms with E-state index in [1.807, 2.05) is 19.9 Å². The van der Waals surface area contributed by atoms with Crippen molar-refractivity contribution in [2.75, 3.05) is 12.4 Å². The van der Waals surface area contributed by atoms with Crippen LogP contribution in [-0.2, 0) is 10.0 Å². The molecule has 0 saturated heterocycles. The van der Waals surface area contributed by atoms with Crippen LogP contribution in [0.5, 0.6) is 5.75 Å². The molecule has 0 fully saturated rings. The van der Waals surface area contributed by atoms with Gasteiger partial charge in [-0.3, -0.25) is 0 Å². The third kappa shape index (κ3) is 7.18. The average Bonchev–Trinajstić information content (AvgIpc) is 2.31. The molecule has 0 aliphatic heterocycles. The van der Waals surface area contributed by atoms with Gasteiger partial charge in [-0.2, -0.15) is 0 Å². The van der Waals surface area contributed by atoms with E-state index in [0.29, 0.717) is 13.0 Å². The summed E-state index contributed by atoms with van der Waals surface area (Å²) in [5.41, 5.74) is 2.33. The van der Waals surface area contributed by atoms with Crippen molar-refractivity contribution in [1.82, 2.24) is 0 Å². The number of sulfonamides is 1. The van der Waals surface area contributed by atoms with E-state index in [9.17, 15) is 8.42 Å². The topological polar surface area (TPSA) is 69.4 Å². The fourth-order valence-electron chi connectivity index (χ4n) is 1.80. The monoisotopic (exact) mass is 285 g/mol. The van der Waals surface area contributed by atoms with E-state index in [1.54, 1.807) is 0 Å². The summed E-state index contributed by atoms with van der Waals surface area (Å²) in [5.74, 6) is 1.01. The summed E-state index contributed by atoms with van der Waals surface area (Å²) in [7, 11) is -3.30. The maximum atomic E-state index is 10.7. The predicted molar refractivity (Wildman–Crippen MR) is 77.9 cm³/mol. The molecule has 2 N–H and O–H groups in total. The molecule has 0 spiro atoms. The van der Waals surface area contributed by atoms with E-state index in [-0.39, 0.29) is 5.75 Å². The summed E-state index contributed by atoms with van der Waals surface area (Å²) in [5, 5.41) is 4.93. The van der Waals surface area contributed by atoms with Gasteiger partial charge in [-0.25, -0.2) is 13.6 Å². The zero-order valence-corrected chi connectivity index (χ0v) is 12.5. The smallest absolute Gasteiger partial charge is 0.209 e. The summed E-state index contributed by atoms with van der Waals surface area (Å²) in [6.07, 6.45) is 3.38. The van der Waals surface area contributed by atoms with Crippen LogP contribution in [-0.4, -0.2) is 20.8 Å². The number of unbranched alkanes of at least 4 members (excludes halogenated alkanes) is 3. The summed E-state index contributed by atoms with van der Waals surface area (Å²) in [4.78, 5) is 0. The van der Waals surface area contributed by atoms with Gasteiger partial charge in [0.05, 0.1) is 12.4 Å². The molecular weight excluding hydrogens is 262 g/mol. The summed E-state index contributed by atoms with van der Waals surface area (Å²) >= 11 is 0. The number of hydrogen-bond donors (Lipinski definition) is 1. The molecule has 1 rings (SSSR count). The van der Waals surface area contributed by atoms with E-state index in [1.165, 1.54) is 5.56 Å². The Labute approximate surface area is 116 Å². The molecule has 0 aromatic heterocycles. The van der Waals surface area contributed by atoms with Crippen LogP contribution in [0.15, 0.2) is 18.2 Å². The van der Waals surface area contributed by atoms with Crippen LogP contribution in [0.1, 0.15) is 36.8 Å². The fourth-order valence-corrected chi connectivity index (χ4v) is 2.41. The summed E-state index contributed by atoms with van der Waals surface area (Å²) < 4.78 is 27.2. The van der Waals surface area contributed by atoms with Crippen molar-refractivity contribution in [2.24, 2.45) is 5.14 Å². The lowest BCUT2D eigenvalue weighted by molar-refractivity contribution is 0.303. The lowest BCUT2D eigenvalue weighted by Gasteiger charge is -2.09. The quantitative estimate of drug-likeness (QED) is 0.746. The second-order valence-corrected chi connectivity index (χ2v) is 6.63. The molecular formula is C14H23NO3S. The molecule has 19 heavy (non-hydrogen) atoms. The van der Waals surface area contributed by atoms with Gasteiger partial charge in [-0.1, -0.05) is 25.0 Å². The van der Waals surface area contributed by atoms with E-state index in [2.05, 4.69) is 12.1 Å². The molecule has 0 radical (unpaired) electrons. The number of primary sulfonamides is 1. The van der Waals surface area contributed by atoms with Crippen LogP contribution >= 0.6 is 0 Å². The third-order valence-corrected chi connectivity index (χ3v) is 3.78. The predicted octanol–water partition coefficient (Wildman–Crippen LogP) is 2.53. The Morgan fingerprint density at radius 1 is 1.11 bits per heavy atom. The highest BCUT2D eigenvalue weighted by Gasteiger charge is 2.02. The fraction of sp³-hybridized carbons (Fsp3) is 0.571. The zero-order valence-electron chi connectivity index (χ0n) is 11.7. The molecule has 0 amide bonds. The maximum Gasteiger partial charge on any atom is 0.209 e. The van der Waals surface area contributed by atoms with Crippen molar-refractivity contribution in [3.8, 4) is 5.75 Å². The molecule has 0 unspecified atom stereocenters. The van der Waals surface area contributed by atoms with Gasteiger partial charge in [0.25, 0.3) is 0 Å². The van der Waals surface area contributed by atoms with E-state index in [0.717, 1.165) is 30.6 Å². The van der Waals surface area contributed by atoms with Crippen molar-refractivity contribution < 1.29 is 13.2 Å². The molecule has 0 aliphatic carbocycles. The van der Waals surface area contributed by atoms with Gasteiger partial charge in [-0.15, -0.1) is 0 Å². The van der Waals surface area contributed by atoms with Gasteiger partial charge in [0, 0.05) is 0 Å². The first kappa shape index (κ1) is 16.0. The molecule has 0 bridgehead atoms. The van der Waals surface area contributed by atoms with E-state index >= 15 is 0 Å². The first-order valence-electron chi connectivity index (χ1n) is 6.59. The number of benzene rings is 1. The molecule has 0 saturated carbocycles. The summed E-state index contributed by atoms with van der Waals surface area (Å²) in [6, 6.07) is 6.16. The van der Waals surface area contributed by atoms with Crippen molar-refractivity contribution in [1.29, 1.82) is 0 Å². The number of nitrogens with two attached hydrogens (primary N) is 1. The average molecular weight is 285 g/mol. The lowest BCUT2D eigenvalue weighted by Crippen LogP contribution is -2.16. The maximum absolute atomic E-state index is 10.7. The second kappa shape index (κ2) is 7.50. The van der Waals surface area contributed by atoms with Crippen LogP contribution in [0.25, 0.3) is 0 Å². The minimum Gasteiger partial charge on any atom is -0.493 e. The Kier molecular flexibility index (Phi) is 6.31. The van der Waals surface area contributed by atoms with Gasteiger partial charge in [0.15, 0.2) is 0 Å². The number of rotatable bonds is 8. The Morgan fingerprint density at radius 3 is 2.47 bits per heavy atom. The van der Waals surface area contributed by atoms with Crippen LogP contribution in [0.3, 0.4) is 0 Å². The van der Waals surface area contributed by atoms with Crippen LogP contribution in [0.2, 0.25) is 0 Å². The van der Waals surface area contributed by atoms with Crippen LogP contribution < -0.4 is 9.88 Å². The first-order chi connectivity index (χ1) is 8.88. The second-order valence-electron chi connectivity index (χ2n) is 4.90. The van der Waals surface area contributed by atoms with Crippen molar-refractivity contribution in [3.63, 3.8) is 0 Å². The Bertz CT molecular complexity index is 497. The van der Waals surface area contributed by atoms with Gasteiger partial charge in [-0.05, 0) is 43.9 Å². The normalized spacial score (nSPS) is 11.5. The molecule has 1 aromatic rings. The largest absolute Gasteiger partial charge is 0.493 e. The summed E-state index contributed by atoms with van der Waals surface area (Å²) in [6.45, 7) is 4.74. The molecule has 5 heteroatoms. The minimum atomic E-state index is -3.30. The number of aryl methyl sites for hydroxylation is 2. The number of hydrogen-bond acceptors (Lipinski definition) is 3. The van der Waals surface area contributed by atoms with Gasteiger partial charge in [0.2, 0.25) is 10.0 Å². The highest BCUT2D eigenvalue weighted by molar-refractivity contribution is 7.89. The highest BCUT2D eigenvalue weighted by atomic mass is 32.2. The van der Waals surface area contributed by atoms with E-state index in [4.69, 9.17) is 9.88 Å². The Hall–Kier alpha value is -1.07. The SMILES string of the molecule is Cc1ccc(C)c(OCCCCCCS(N)(=O)=O)c1.